The van der Waals surface area contributed by atoms with Crippen LogP contribution in [0.2, 0.25) is 0 Å². The van der Waals surface area contributed by atoms with Gasteiger partial charge in [-0.25, -0.2) is 14.4 Å². The van der Waals surface area contributed by atoms with Crippen LogP contribution in [0, 0.1) is 12.7 Å². The van der Waals surface area contributed by atoms with Crippen molar-refractivity contribution in [2.45, 2.75) is 25.9 Å². The van der Waals surface area contributed by atoms with Crippen molar-refractivity contribution in [1.29, 1.82) is 0 Å². The van der Waals surface area contributed by atoms with Crippen LogP contribution in [0.1, 0.15) is 19.0 Å². The maximum Gasteiger partial charge on any atom is 0.186 e. The lowest BCUT2D eigenvalue weighted by Gasteiger charge is -2.46. The molecule has 0 bridgehead atoms. The topological polar surface area (TPSA) is 49.2 Å². The lowest BCUT2D eigenvalue weighted by atomic mass is 9.91. The fourth-order valence-electron chi connectivity index (χ4n) is 1.70. The average Bonchev–Trinajstić information content (AvgIpc) is 2.18. The number of rotatable bonds is 2. The van der Waals surface area contributed by atoms with Crippen LogP contribution in [0.4, 0.5) is 10.2 Å². The van der Waals surface area contributed by atoms with Crippen molar-refractivity contribution >= 4 is 5.82 Å². The van der Waals surface area contributed by atoms with Crippen LogP contribution >= 0.6 is 0 Å². The van der Waals surface area contributed by atoms with Gasteiger partial charge in [0.25, 0.3) is 0 Å². The fourth-order valence-corrected chi connectivity index (χ4v) is 1.70. The van der Waals surface area contributed by atoms with Crippen molar-refractivity contribution in [3.05, 3.63) is 17.8 Å². The Kier molecular flexibility index (Phi) is 2.34. The third kappa shape index (κ3) is 1.67. The van der Waals surface area contributed by atoms with Crippen molar-refractivity contribution < 1.29 is 9.50 Å². The number of halogens is 1. The standard InChI is InChI=1S/C10H14FN3O/c1-3-10(15)4-14(5-10)9-8(11)7(2)12-6-13-9/h6,15H,3-5H2,1-2H3. The molecule has 1 fully saturated rings. The Bertz CT molecular complexity index is 377. The van der Waals surface area contributed by atoms with Gasteiger partial charge in [-0.2, -0.15) is 0 Å². The quantitative estimate of drug-likeness (QED) is 0.789. The van der Waals surface area contributed by atoms with Crippen molar-refractivity contribution in [1.82, 2.24) is 9.97 Å². The van der Waals surface area contributed by atoms with Crippen molar-refractivity contribution in [2.24, 2.45) is 0 Å². The average molecular weight is 211 g/mol. The molecule has 0 atom stereocenters. The van der Waals surface area contributed by atoms with Crippen molar-refractivity contribution in [2.75, 3.05) is 18.0 Å². The summed E-state index contributed by atoms with van der Waals surface area (Å²) in [6.07, 6.45) is 2.02. The highest BCUT2D eigenvalue weighted by Gasteiger charge is 2.41. The van der Waals surface area contributed by atoms with Crippen LogP contribution in [0.15, 0.2) is 6.33 Å². The number of aliphatic hydroxyl groups is 1. The molecular formula is C10H14FN3O. The normalized spacial score (nSPS) is 18.8. The van der Waals surface area contributed by atoms with Gasteiger partial charge in [0.1, 0.15) is 6.33 Å². The Morgan fingerprint density at radius 2 is 2.20 bits per heavy atom. The van der Waals surface area contributed by atoms with Crippen LogP contribution in [0.3, 0.4) is 0 Å². The Balaban J connectivity index is 2.17. The smallest absolute Gasteiger partial charge is 0.186 e. The highest BCUT2D eigenvalue weighted by Crippen LogP contribution is 2.30. The van der Waals surface area contributed by atoms with Crippen LogP contribution in [-0.4, -0.2) is 33.8 Å². The van der Waals surface area contributed by atoms with E-state index >= 15 is 0 Å². The molecule has 2 heterocycles. The largest absolute Gasteiger partial charge is 0.386 e. The SMILES string of the molecule is CCC1(O)CN(c2ncnc(C)c2F)C1. The van der Waals surface area contributed by atoms with E-state index in [2.05, 4.69) is 9.97 Å². The number of hydrogen-bond donors (Lipinski definition) is 1. The monoisotopic (exact) mass is 211 g/mol. The van der Waals surface area contributed by atoms with Gasteiger partial charge in [-0.3, -0.25) is 0 Å². The van der Waals surface area contributed by atoms with E-state index in [1.54, 1.807) is 11.8 Å². The number of nitrogens with zero attached hydrogens (tertiary/aromatic N) is 3. The first-order valence-corrected chi connectivity index (χ1v) is 5.00. The van der Waals surface area contributed by atoms with Crippen LogP contribution in [-0.2, 0) is 0 Å². The van der Waals surface area contributed by atoms with Crippen molar-refractivity contribution in [3.8, 4) is 0 Å². The number of anilines is 1. The highest BCUT2D eigenvalue weighted by molar-refractivity contribution is 5.45. The van der Waals surface area contributed by atoms with E-state index in [9.17, 15) is 9.50 Å². The molecule has 1 saturated heterocycles. The lowest BCUT2D eigenvalue weighted by molar-refractivity contribution is 0.00764. The van der Waals surface area contributed by atoms with Crippen LogP contribution < -0.4 is 4.90 Å². The molecule has 0 unspecified atom stereocenters. The first-order chi connectivity index (χ1) is 7.06. The van der Waals surface area contributed by atoms with Gasteiger partial charge < -0.3 is 10.0 Å². The minimum atomic E-state index is -0.675. The summed E-state index contributed by atoms with van der Waals surface area (Å²) in [4.78, 5) is 9.38. The molecule has 0 radical (unpaired) electrons. The molecule has 1 aromatic heterocycles. The number of hydrogen-bond acceptors (Lipinski definition) is 4. The maximum atomic E-state index is 13.6. The summed E-state index contributed by atoms with van der Waals surface area (Å²) in [6.45, 7) is 4.40. The number of β-amino-alcohol motifs (C(OH)–C–C–N with tert-alkyl or cyclic N) is 1. The molecular weight excluding hydrogens is 197 g/mol. The summed E-state index contributed by atoms with van der Waals surface area (Å²) in [7, 11) is 0. The second-order valence-corrected chi connectivity index (χ2v) is 4.03. The van der Waals surface area contributed by atoms with E-state index in [1.165, 1.54) is 6.33 Å². The first-order valence-electron chi connectivity index (χ1n) is 5.00. The van der Waals surface area contributed by atoms with Crippen LogP contribution in [0.5, 0.6) is 0 Å². The Hall–Kier alpha value is -1.23. The van der Waals surface area contributed by atoms with Gasteiger partial charge in [-0.15, -0.1) is 0 Å². The van der Waals surface area contributed by atoms with E-state index in [0.717, 1.165) is 0 Å². The molecule has 0 saturated carbocycles. The summed E-state index contributed by atoms with van der Waals surface area (Å²) in [6, 6.07) is 0. The fraction of sp³-hybridized carbons (Fsp3) is 0.600. The Morgan fingerprint density at radius 1 is 1.53 bits per heavy atom. The zero-order chi connectivity index (χ0) is 11.1. The summed E-state index contributed by atoms with van der Waals surface area (Å²) >= 11 is 0. The molecule has 0 aliphatic carbocycles. The molecule has 0 amide bonds. The lowest BCUT2D eigenvalue weighted by Crippen LogP contribution is -2.62. The zero-order valence-electron chi connectivity index (χ0n) is 8.87. The predicted molar refractivity (Wildman–Crippen MR) is 54.2 cm³/mol. The van der Waals surface area contributed by atoms with Gasteiger partial charge in [-0.05, 0) is 13.3 Å². The molecule has 4 nitrogen and oxygen atoms in total. The Labute approximate surface area is 87.8 Å². The van der Waals surface area contributed by atoms with E-state index in [4.69, 9.17) is 0 Å². The molecule has 0 aromatic carbocycles. The summed E-state index contributed by atoms with van der Waals surface area (Å²) < 4.78 is 13.6. The van der Waals surface area contributed by atoms with Gasteiger partial charge in [-0.1, -0.05) is 6.92 Å². The molecule has 82 valence electrons. The molecule has 5 heteroatoms. The van der Waals surface area contributed by atoms with Gasteiger partial charge in [0, 0.05) is 0 Å². The molecule has 1 aliphatic heterocycles. The predicted octanol–water partition coefficient (Wildman–Crippen LogP) is 0.885. The molecule has 1 aliphatic rings. The van der Waals surface area contributed by atoms with Gasteiger partial charge in [0.15, 0.2) is 11.6 Å². The summed E-state index contributed by atoms with van der Waals surface area (Å²) in [5.41, 5.74) is -0.336. The minimum absolute atomic E-state index is 0.292. The molecule has 0 spiro atoms. The third-order valence-electron chi connectivity index (χ3n) is 2.87. The minimum Gasteiger partial charge on any atom is -0.386 e. The third-order valence-corrected chi connectivity index (χ3v) is 2.87. The number of aryl methyl sites for hydroxylation is 1. The van der Waals surface area contributed by atoms with Crippen molar-refractivity contribution in [3.63, 3.8) is 0 Å². The zero-order valence-corrected chi connectivity index (χ0v) is 8.87. The van der Waals surface area contributed by atoms with Gasteiger partial charge in [0.05, 0.1) is 24.4 Å². The number of aromatic nitrogens is 2. The molecule has 1 aromatic rings. The van der Waals surface area contributed by atoms with E-state index in [-0.39, 0.29) is 0 Å². The maximum absolute atomic E-state index is 13.6. The van der Waals surface area contributed by atoms with Crippen LogP contribution in [0.25, 0.3) is 0 Å². The first kappa shape index (κ1) is 10.3. The van der Waals surface area contributed by atoms with E-state index < -0.39 is 11.4 Å². The molecule has 15 heavy (non-hydrogen) atoms. The summed E-state index contributed by atoms with van der Waals surface area (Å²) in [5, 5.41) is 9.80. The van der Waals surface area contributed by atoms with E-state index in [1.807, 2.05) is 6.92 Å². The van der Waals surface area contributed by atoms with Gasteiger partial charge in [0.2, 0.25) is 0 Å². The highest BCUT2D eigenvalue weighted by atomic mass is 19.1. The Morgan fingerprint density at radius 3 is 2.80 bits per heavy atom. The second kappa shape index (κ2) is 3.41. The van der Waals surface area contributed by atoms with Gasteiger partial charge >= 0.3 is 0 Å². The molecule has 2 rings (SSSR count). The molecule has 1 N–H and O–H groups in total. The van der Waals surface area contributed by atoms with E-state index in [0.29, 0.717) is 31.0 Å². The second-order valence-electron chi connectivity index (χ2n) is 4.03. The summed E-state index contributed by atoms with van der Waals surface area (Å²) in [5.74, 6) is -0.101.